The minimum Gasteiger partial charge on any atom is -0.632 e. The van der Waals surface area contributed by atoms with Crippen LogP contribution in [0.25, 0.3) is 0 Å². The first kappa shape index (κ1) is 6.60. The molecule has 50 valence electrons. The summed E-state index contributed by atoms with van der Waals surface area (Å²) in [6, 6.07) is 0. The van der Waals surface area contributed by atoms with Crippen LogP contribution in [-0.2, 0) is 0 Å². The predicted molar refractivity (Wildman–Crippen MR) is 36.3 cm³/mol. The van der Waals surface area contributed by atoms with Crippen molar-refractivity contribution in [2.45, 2.75) is 12.8 Å². The predicted octanol–water partition coefficient (Wildman–Crippen LogP) is 0.728. The molecule has 0 aromatic carbocycles. The highest BCUT2D eigenvalue weighted by Crippen LogP contribution is 2.15. The van der Waals surface area contributed by atoms with Gasteiger partial charge in [0.05, 0.1) is 13.1 Å². The summed E-state index contributed by atoms with van der Waals surface area (Å²) in [4.78, 5) is 0. The molecule has 0 unspecified atom stereocenters. The Morgan fingerprint density at radius 2 is 2.00 bits per heavy atom. The fourth-order valence-corrected chi connectivity index (χ4v) is 1.24. The van der Waals surface area contributed by atoms with E-state index >= 15 is 0 Å². The first-order valence-corrected chi connectivity index (χ1v) is 3.27. The third-order valence-corrected chi connectivity index (χ3v) is 1.76. The Labute approximate surface area is 55.6 Å². The van der Waals surface area contributed by atoms with E-state index in [1.54, 1.807) is 0 Å². The van der Waals surface area contributed by atoms with Gasteiger partial charge in [0.1, 0.15) is 6.54 Å². The van der Waals surface area contributed by atoms with Gasteiger partial charge in [-0.1, -0.05) is 0 Å². The Morgan fingerprint density at radius 3 is 2.44 bits per heavy atom. The van der Waals surface area contributed by atoms with E-state index in [0.717, 1.165) is 25.9 Å². The van der Waals surface area contributed by atoms with Gasteiger partial charge in [0, 0.05) is 12.8 Å². The van der Waals surface area contributed by atoms with E-state index in [1.807, 2.05) is 0 Å². The van der Waals surface area contributed by atoms with Gasteiger partial charge < -0.3 is 9.85 Å². The fourth-order valence-electron chi connectivity index (χ4n) is 1.24. The molecule has 0 saturated carbocycles. The zero-order valence-electron chi connectivity index (χ0n) is 5.47. The van der Waals surface area contributed by atoms with Gasteiger partial charge in [-0.05, 0) is 5.92 Å². The van der Waals surface area contributed by atoms with Crippen molar-refractivity contribution >= 4 is 0 Å². The molecule has 0 amide bonds. The third-order valence-electron chi connectivity index (χ3n) is 1.76. The molecule has 9 heavy (non-hydrogen) atoms. The van der Waals surface area contributed by atoms with Crippen molar-refractivity contribution in [3.63, 3.8) is 0 Å². The van der Waals surface area contributed by atoms with E-state index < -0.39 is 0 Å². The number of likely N-dealkylation sites (tertiary alicyclic amines) is 1. The zero-order chi connectivity index (χ0) is 6.74. The van der Waals surface area contributed by atoms with Crippen molar-refractivity contribution in [2.24, 2.45) is 0 Å². The normalized spacial score (nSPS) is 23.6. The minimum absolute atomic E-state index is 0.142. The summed E-state index contributed by atoms with van der Waals surface area (Å²) >= 11 is 0. The van der Waals surface area contributed by atoms with E-state index in [-0.39, 0.29) is 4.65 Å². The van der Waals surface area contributed by atoms with Crippen molar-refractivity contribution in [1.29, 1.82) is 0 Å². The lowest BCUT2D eigenvalue weighted by molar-refractivity contribution is -0.860. The second-order valence-corrected chi connectivity index (χ2v) is 2.57. The largest absolute Gasteiger partial charge is 0.632 e. The van der Waals surface area contributed by atoms with Gasteiger partial charge in [-0.25, -0.2) is 0 Å². The molecule has 2 nitrogen and oxygen atoms in total. The number of terminal acetylenes is 1. The number of hydrogen-bond acceptors (Lipinski definition) is 1. The molecule has 1 aliphatic rings. The van der Waals surface area contributed by atoms with Crippen LogP contribution in [0.5, 0.6) is 0 Å². The van der Waals surface area contributed by atoms with E-state index in [4.69, 9.17) is 6.42 Å². The van der Waals surface area contributed by atoms with Crippen LogP contribution >= 0.6 is 0 Å². The van der Waals surface area contributed by atoms with E-state index in [0.29, 0.717) is 6.54 Å². The highest BCUT2D eigenvalue weighted by atomic mass is 16.5. The van der Waals surface area contributed by atoms with Crippen LogP contribution in [0.2, 0.25) is 0 Å². The van der Waals surface area contributed by atoms with Gasteiger partial charge in [-0.15, -0.1) is 6.42 Å². The second-order valence-electron chi connectivity index (χ2n) is 2.57. The molecule has 0 N–H and O–H groups in total. The van der Waals surface area contributed by atoms with E-state index in [2.05, 4.69) is 5.92 Å². The fraction of sp³-hybridized carbons (Fsp3) is 0.714. The van der Waals surface area contributed by atoms with Gasteiger partial charge in [0.2, 0.25) is 0 Å². The van der Waals surface area contributed by atoms with Crippen LogP contribution in [0.3, 0.4) is 0 Å². The lowest BCUT2D eigenvalue weighted by atomic mass is 10.4. The lowest BCUT2D eigenvalue weighted by Crippen LogP contribution is -2.38. The molecule has 0 aromatic heterocycles. The van der Waals surface area contributed by atoms with Crippen molar-refractivity contribution in [3.05, 3.63) is 5.21 Å². The Balaban J connectivity index is 2.43. The zero-order valence-corrected chi connectivity index (χ0v) is 5.47. The number of hydrogen-bond donors (Lipinski definition) is 0. The maximum Gasteiger partial charge on any atom is 0.140 e. The molecular formula is C7H11NO. The summed E-state index contributed by atoms with van der Waals surface area (Å²) in [6.07, 6.45) is 7.12. The monoisotopic (exact) mass is 125 g/mol. The Morgan fingerprint density at radius 1 is 1.44 bits per heavy atom. The summed E-state index contributed by atoms with van der Waals surface area (Å²) in [5.74, 6) is 2.41. The first-order valence-electron chi connectivity index (χ1n) is 3.27. The number of nitrogens with zero attached hydrogens (tertiary/aromatic N) is 1. The average Bonchev–Trinajstić information content (AvgIpc) is 2.16. The van der Waals surface area contributed by atoms with Crippen LogP contribution in [0.15, 0.2) is 0 Å². The molecule has 0 aromatic rings. The molecule has 1 rings (SSSR count). The quantitative estimate of drug-likeness (QED) is 0.288. The van der Waals surface area contributed by atoms with E-state index in [9.17, 15) is 5.21 Å². The summed E-state index contributed by atoms with van der Waals surface area (Å²) in [5.41, 5.74) is 0. The van der Waals surface area contributed by atoms with Crippen molar-refractivity contribution in [1.82, 2.24) is 0 Å². The molecule has 1 heterocycles. The van der Waals surface area contributed by atoms with Crippen LogP contribution in [0.4, 0.5) is 0 Å². The maximum absolute atomic E-state index is 11.3. The van der Waals surface area contributed by atoms with Gasteiger partial charge in [-0.2, -0.15) is 0 Å². The molecule has 0 aliphatic carbocycles. The summed E-state index contributed by atoms with van der Waals surface area (Å²) in [7, 11) is 0. The van der Waals surface area contributed by atoms with Gasteiger partial charge in [-0.3, -0.25) is 0 Å². The van der Waals surface area contributed by atoms with Crippen molar-refractivity contribution < 1.29 is 4.65 Å². The van der Waals surface area contributed by atoms with Crippen molar-refractivity contribution in [2.75, 3.05) is 19.6 Å². The Bertz CT molecular complexity index is 130. The number of rotatable bonds is 1. The molecule has 0 atom stereocenters. The molecule has 0 radical (unpaired) electrons. The summed E-state index contributed by atoms with van der Waals surface area (Å²) in [5, 5.41) is 11.3. The molecular weight excluding hydrogens is 114 g/mol. The second kappa shape index (κ2) is 2.38. The number of quaternary nitrogens is 1. The highest BCUT2D eigenvalue weighted by molar-refractivity contribution is 4.84. The van der Waals surface area contributed by atoms with Gasteiger partial charge in [0.25, 0.3) is 0 Å². The van der Waals surface area contributed by atoms with Gasteiger partial charge in [0.15, 0.2) is 0 Å². The molecule has 2 heteroatoms. The SMILES string of the molecule is C#CC[N+]1([O-])CCCC1. The highest BCUT2D eigenvalue weighted by Gasteiger charge is 2.20. The van der Waals surface area contributed by atoms with E-state index in [1.165, 1.54) is 0 Å². The van der Waals surface area contributed by atoms with Gasteiger partial charge >= 0.3 is 0 Å². The minimum atomic E-state index is -0.142. The summed E-state index contributed by atoms with van der Waals surface area (Å²) in [6.45, 7) is 1.81. The Kier molecular flexibility index (Phi) is 1.75. The lowest BCUT2D eigenvalue weighted by Gasteiger charge is -2.36. The van der Waals surface area contributed by atoms with Crippen molar-refractivity contribution in [3.8, 4) is 12.3 Å². The number of hydroxylamine groups is 3. The maximum atomic E-state index is 11.3. The average molecular weight is 125 g/mol. The topological polar surface area (TPSA) is 23.1 Å². The molecule has 1 fully saturated rings. The Hall–Kier alpha value is -0.520. The molecule has 0 spiro atoms. The summed E-state index contributed by atoms with van der Waals surface area (Å²) < 4.78 is -0.142. The smallest absolute Gasteiger partial charge is 0.140 e. The van der Waals surface area contributed by atoms with Crippen LogP contribution in [-0.4, -0.2) is 24.3 Å². The van der Waals surface area contributed by atoms with Crippen LogP contribution in [0.1, 0.15) is 12.8 Å². The first-order chi connectivity index (χ1) is 4.27. The van der Waals surface area contributed by atoms with Crippen LogP contribution in [0, 0.1) is 17.6 Å². The molecule has 1 saturated heterocycles. The molecule has 1 aliphatic heterocycles. The molecule has 0 bridgehead atoms. The third kappa shape index (κ3) is 1.44. The standard InChI is InChI=1S/C7H11NO/c1-2-5-8(9)6-3-4-7-8/h1H,3-7H2. The van der Waals surface area contributed by atoms with Crippen LogP contribution < -0.4 is 0 Å².